The largest absolute Gasteiger partial charge is 0.339 e. The predicted octanol–water partition coefficient (Wildman–Crippen LogP) is 3.49. The quantitative estimate of drug-likeness (QED) is 0.439. The molecule has 2 aromatic carbocycles. The minimum Gasteiger partial charge on any atom is -0.339 e. The molecule has 0 amide bonds. The van der Waals surface area contributed by atoms with Gasteiger partial charge in [0.2, 0.25) is 0 Å². The molecular weight excluding hydrogens is 454 g/mol. The van der Waals surface area contributed by atoms with Crippen LogP contribution in [-0.2, 0) is 23.6 Å². The Labute approximate surface area is 197 Å². The van der Waals surface area contributed by atoms with Gasteiger partial charge in [0.05, 0.1) is 17.5 Å². The van der Waals surface area contributed by atoms with E-state index in [-0.39, 0.29) is 17.0 Å². The second kappa shape index (κ2) is 9.18. The summed E-state index contributed by atoms with van der Waals surface area (Å²) >= 11 is 1.61. The van der Waals surface area contributed by atoms with Crippen LogP contribution in [0.2, 0.25) is 0 Å². The van der Waals surface area contributed by atoms with E-state index in [0.717, 1.165) is 21.7 Å². The fourth-order valence-corrected chi connectivity index (χ4v) is 6.51. The maximum Gasteiger partial charge on any atom is 0.262 e. The molecule has 3 heterocycles. The van der Waals surface area contributed by atoms with E-state index in [1.54, 1.807) is 33.5 Å². The van der Waals surface area contributed by atoms with E-state index in [2.05, 4.69) is 39.6 Å². The van der Waals surface area contributed by atoms with Crippen molar-refractivity contribution in [1.82, 2.24) is 24.2 Å². The van der Waals surface area contributed by atoms with Gasteiger partial charge in [-0.3, -0.25) is 0 Å². The van der Waals surface area contributed by atoms with Gasteiger partial charge in [-0.05, 0) is 5.56 Å². The Kier molecular flexibility index (Phi) is 6.11. The Bertz CT molecular complexity index is 1320. The summed E-state index contributed by atoms with van der Waals surface area (Å²) in [7, 11) is -1.89. The molecule has 9 heteroatoms. The standard InChI is InChI=1S/C24H25N5O2S2/c1-28-15-23(26-16-28)33(30,31)29-13-20(18-8-4-2-5-9-18)21(14-29)25-12-22-24(27-17-32-22)19-10-6-3-7-11-19/h2-11,15-17,20-21,25H,12-14H2,1H3/t20-,21+/m1/s1. The van der Waals surface area contributed by atoms with Crippen LogP contribution in [0.25, 0.3) is 11.3 Å². The Morgan fingerprint density at radius 1 is 1.03 bits per heavy atom. The molecule has 1 N–H and O–H groups in total. The van der Waals surface area contributed by atoms with E-state index in [1.807, 2.05) is 41.9 Å². The lowest BCUT2D eigenvalue weighted by molar-refractivity contribution is 0.454. The number of hydrogen-bond donors (Lipinski definition) is 1. The number of imidazole rings is 1. The van der Waals surface area contributed by atoms with Gasteiger partial charge in [0, 0.05) is 55.3 Å². The number of benzene rings is 2. The first-order valence-electron chi connectivity index (χ1n) is 10.8. The second-order valence-electron chi connectivity index (χ2n) is 8.19. The van der Waals surface area contributed by atoms with Crippen LogP contribution >= 0.6 is 11.3 Å². The van der Waals surface area contributed by atoms with Crippen molar-refractivity contribution in [1.29, 1.82) is 0 Å². The third-order valence-corrected chi connectivity index (χ3v) is 8.56. The first kappa shape index (κ1) is 22.0. The average Bonchev–Trinajstić information content (AvgIpc) is 3.58. The van der Waals surface area contributed by atoms with Gasteiger partial charge >= 0.3 is 0 Å². The molecule has 170 valence electrons. The van der Waals surface area contributed by atoms with Crippen LogP contribution in [0.4, 0.5) is 0 Å². The number of aryl methyl sites for hydroxylation is 1. The number of nitrogens with one attached hydrogen (secondary N) is 1. The summed E-state index contributed by atoms with van der Waals surface area (Å²) in [5.41, 5.74) is 5.04. The Hall–Kier alpha value is -2.85. The Morgan fingerprint density at radius 2 is 1.76 bits per heavy atom. The molecule has 0 radical (unpaired) electrons. The molecule has 0 unspecified atom stereocenters. The van der Waals surface area contributed by atoms with E-state index in [4.69, 9.17) is 0 Å². The first-order chi connectivity index (χ1) is 16.0. The molecule has 0 aliphatic carbocycles. The topological polar surface area (TPSA) is 80.1 Å². The van der Waals surface area contributed by atoms with E-state index in [0.29, 0.717) is 19.6 Å². The predicted molar refractivity (Wildman–Crippen MR) is 129 cm³/mol. The van der Waals surface area contributed by atoms with Gasteiger partial charge in [0.25, 0.3) is 10.0 Å². The summed E-state index contributed by atoms with van der Waals surface area (Å²) in [6.07, 6.45) is 3.07. The lowest BCUT2D eigenvalue weighted by atomic mass is 9.94. The molecule has 7 nitrogen and oxygen atoms in total. The molecule has 4 aromatic rings. The zero-order valence-electron chi connectivity index (χ0n) is 18.2. The zero-order chi connectivity index (χ0) is 22.8. The second-order valence-corrected chi connectivity index (χ2v) is 11.0. The van der Waals surface area contributed by atoms with E-state index < -0.39 is 10.0 Å². The monoisotopic (exact) mass is 479 g/mol. The molecule has 2 aromatic heterocycles. The number of hydrogen-bond acceptors (Lipinski definition) is 6. The van der Waals surface area contributed by atoms with E-state index >= 15 is 0 Å². The lowest BCUT2D eigenvalue weighted by Crippen LogP contribution is -2.36. The van der Waals surface area contributed by atoms with Gasteiger partial charge in [-0.15, -0.1) is 11.3 Å². The third-order valence-electron chi connectivity index (χ3n) is 6.01. The summed E-state index contributed by atoms with van der Waals surface area (Å²) < 4.78 is 29.7. The normalized spacial score (nSPS) is 19.2. The summed E-state index contributed by atoms with van der Waals surface area (Å²) in [5, 5.41) is 3.73. The van der Waals surface area contributed by atoms with Crippen molar-refractivity contribution in [3.63, 3.8) is 0 Å². The van der Waals surface area contributed by atoms with Gasteiger partial charge in [-0.1, -0.05) is 60.7 Å². The minimum atomic E-state index is -3.66. The van der Waals surface area contributed by atoms with Crippen molar-refractivity contribution in [3.8, 4) is 11.3 Å². The molecule has 1 fully saturated rings. The van der Waals surface area contributed by atoms with Crippen LogP contribution < -0.4 is 5.32 Å². The van der Waals surface area contributed by atoms with Gasteiger partial charge < -0.3 is 9.88 Å². The van der Waals surface area contributed by atoms with Crippen molar-refractivity contribution >= 4 is 21.4 Å². The number of nitrogens with zero attached hydrogens (tertiary/aromatic N) is 4. The maximum absolute atomic E-state index is 13.3. The van der Waals surface area contributed by atoms with Crippen LogP contribution in [0.3, 0.4) is 0 Å². The highest BCUT2D eigenvalue weighted by Gasteiger charge is 2.40. The molecule has 2 atom stereocenters. The average molecular weight is 480 g/mol. The maximum atomic E-state index is 13.3. The van der Waals surface area contributed by atoms with Crippen molar-refractivity contribution < 1.29 is 8.42 Å². The smallest absolute Gasteiger partial charge is 0.262 e. The molecule has 33 heavy (non-hydrogen) atoms. The summed E-state index contributed by atoms with van der Waals surface area (Å²) in [4.78, 5) is 9.80. The number of thiazole rings is 1. The van der Waals surface area contributed by atoms with Crippen LogP contribution in [0.1, 0.15) is 16.4 Å². The Balaban J connectivity index is 1.39. The number of sulfonamides is 1. The lowest BCUT2D eigenvalue weighted by Gasteiger charge is -2.20. The molecular formula is C24H25N5O2S2. The minimum absolute atomic E-state index is 0.0309. The third kappa shape index (κ3) is 4.49. The Morgan fingerprint density at radius 3 is 2.45 bits per heavy atom. The van der Waals surface area contributed by atoms with Crippen molar-refractivity contribution in [2.75, 3.05) is 13.1 Å². The summed E-state index contributed by atoms with van der Waals surface area (Å²) in [5.74, 6) is 0.0396. The fourth-order valence-electron chi connectivity index (χ4n) is 4.31. The van der Waals surface area contributed by atoms with Gasteiger partial charge in [-0.25, -0.2) is 18.4 Å². The highest BCUT2D eigenvalue weighted by Crippen LogP contribution is 2.32. The highest BCUT2D eigenvalue weighted by molar-refractivity contribution is 7.89. The summed E-state index contributed by atoms with van der Waals surface area (Å²) in [6.45, 7) is 1.42. The molecule has 0 bridgehead atoms. The van der Waals surface area contributed by atoms with Gasteiger partial charge in [-0.2, -0.15) is 4.31 Å². The highest BCUT2D eigenvalue weighted by atomic mass is 32.2. The van der Waals surface area contributed by atoms with Crippen LogP contribution in [0.15, 0.2) is 83.7 Å². The first-order valence-corrected chi connectivity index (χ1v) is 13.1. The van der Waals surface area contributed by atoms with Gasteiger partial charge in [0.1, 0.15) is 0 Å². The molecule has 0 spiro atoms. The number of rotatable bonds is 7. The molecule has 5 rings (SSSR count). The van der Waals surface area contributed by atoms with Crippen molar-refractivity contribution in [2.45, 2.75) is 23.5 Å². The molecule has 1 saturated heterocycles. The van der Waals surface area contributed by atoms with Crippen LogP contribution in [-0.4, -0.2) is 46.4 Å². The molecule has 1 aliphatic rings. The zero-order valence-corrected chi connectivity index (χ0v) is 19.8. The van der Waals surface area contributed by atoms with E-state index in [1.165, 1.54) is 6.33 Å². The fraction of sp³-hybridized carbons (Fsp3) is 0.250. The van der Waals surface area contributed by atoms with Crippen molar-refractivity contribution in [2.24, 2.45) is 7.05 Å². The van der Waals surface area contributed by atoms with Crippen LogP contribution in [0.5, 0.6) is 0 Å². The van der Waals surface area contributed by atoms with Crippen LogP contribution in [0, 0.1) is 0 Å². The SMILES string of the molecule is Cn1cnc(S(=O)(=O)N2C[C@H](NCc3scnc3-c3ccccc3)[C@@H](c3ccccc3)C2)c1. The van der Waals surface area contributed by atoms with E-state index in [9.17, 15) is 8.42 Å². The molecule has 0 saturated carbocycles. The summed E-state index contributed by atoms with van der Waals surface area (Å²) in [6, 6.07) is 20.2. The van der Waals surface area contributed by atoms with Gasteiger partial charge in [0.15, 0.2) is 5.03 Å². The molecule has 1 aliphatic heterocycles. The number of aromatic nitrogens is 3. The van der Waals surface area contributed by atoms with Crippen molar-refractivity contribution in [3.05, 3.63) is 89.1 Å².